The van der Waals surface area contributed by atoms with Gasteiger partial charge in [-0.1, -0.05) is 43.0 Å². The molecule has 0 atom stereocenters. The van der Waals surface area contributed by atoms with Gasteiger partial charge in [-0.3, -0.25) is 0 Å². The fourth-order valence-electron chi connectivity index (χ4n) is 4.64. The van der Waals surface area contributed by atoms with Gasteiger partial charge in [-0.2, -0.15) is 0 Å². The Morgan fingerprint density at radius 1 is 0.667 bits per heavy atom. The zero-order chi connectivity index (χ0) is 30.2. The number of hydrogen-bond acceptors (Lipinski definition) is 2. The van der Waals surface area contributed by atoms with Gasteiger partial charge in [-0.25, -0.2) is 22.0 Å². The van der Waals surface area contributed by atoms with Gasteiger partial charge in [0.2, 0.25) is 0 Å². The molecular formula is C35H31F5OS. The van der Waals surface area contributed by atoms with E-state index < -0.39 is 34.4 Å². The van der Waals surface area contributed by atoms with E-state index in [0.29, 0.717) is 28.4 Å². The summed E-state index contributed by atoms with van der Waals surface area (Å²) in [5.74, 6) is 1.49. The fraction of sp³-hybridized carbons (Fsp3) is 0.257. The van der Waals surface area contributed by atoms with Gasteiger partial charge >= 0.3 is 0 Å². The van der Waals surface area contributed by atoms with Crippen LogP contribution >= 0.6 is 11.8 Å². The number of halogens is 5. The van der Waals surface area contributed by atoms with Crippen LogP contribution in [0, 0.1) is 47.9 Å². The van der Waals surface area contributed by atoms with Crippen LogP contribution in [-0.2, 0) is 12.8 Å². The maximum absolute atomic E-state index is 14.8. The molecule has 0 bridgehead atoms. The van der Waals surface area contributed by atoms with E-state index >= 15 is 0 Å². The van der Waals surface area contributed by atoms with Crippen LogP contribution in [-0.4, -0.2) is 12.4 Å². The van der Waals surface area contributed by atoms with Gasteiger partial charge in [0.15, 0.2) is 11.6 Å². The van der Waals surface area contributed by atoms with Crippen LogP contribution in [0.5, 0.6) is 5.75 Å². The first-order valence-electron chi connectivity index (χ1n) is 13.8. The number of hydrogen-bond donors (Lipinski definition) is 0. The summed E-state index contributed by atoms with van der Waals surface area (Å²) in [5.41, 5.74) is 2.90. The summed E-state index contributed by atoms with van der Waals surface area (Å²) < 4.78 is 77.9. The molecule has 0 amide bonds. The van der Waals surface area contributed by atoms with Gasteiger partial charge in [0.25, 0.3) is 0 Å². The molecule has 0 unspecified atom stereocenters. The number of aryl methyl sites for hydroxylation is 3. The minimum Gasteiger partial charge on any atom is -0.491 e. The second kappa shape index (κ2) is 14.4. The maximum Gasteiger partial charge on any atom is 0.165 e. The van der Waals surface area contributed by atoms with Gasteiger partial charge in [0, 0.05) is 4.90 Å². The number of ether oxygens (including phenoxy) is 1. The molecule has 0 heterocycles. The highest BCUT2D eigenvalue weighted by atomic mass is 32.2. The number of benzene rings is 4. The zero-order valence-corrected chi connectivity index (χ0v) is 24.5. The normalized spacial score (nSPS) is 10.9. The Morgan fingerprint density at radius 3 is 1.81 bits per heavy atom. The van der Waals surface area contributed by atoms with Crippen molar-refractivity contribution in [3.05, 3.63) is 118 Å². The van der Waals surface area contributed by atoms with Crippen LogP contribution in [0.4, 0.5) is 22.0 Å². The summed E-state index contributed by atoms with van der Waals surface area (Å²) in [6, 6.07) is 15.3. The van der Waals surface area contributed by atoms with Crippen LogP contribution in [0.25, 0.3) is 11.1 Å². The Kier molecular flexibility index (Phi) is 10.7. The molecule has 7 heteroatoms. The highest BCUT2D eigenvalue weighted by Gasteiger charge is 2.13. The lowest BCUT2D eigenvalue weighted by molar-refractivity contribution is 0.321. The Balaban J connectivity index is 1.39. The molecule has 0 N–H and O–H groups in total. The summed E-state index contributed by atoms with van der Waals surface area (Å²) in [4.78, 5) is 0.418. The highest BCUT2D eigenvalue weighted by molar-refractivity contribution is 7.99. The smallest absolute Gasteiger partial charge is 0.165 e. The van der Waals surface area contributed by atoms with E-state index in [1.54, 1.807) is 24.3 Å². The van der Waals surface area contributed by atoms with E-state index in [-0.39, 0.29) is 11.6 Å². The van der Waals surface area contributed by atoms with Crippen molar-refractivity contribution >= 4 is 11.8 Å². The van der Waals surface area contributed by atoms with Crippen molar-refractivity contribution in [2.24, 2.45) is 0 Å². The van der Waals surface area contributed by atoms with E-state index in [2.05, 4.69) is 11.8 Å². The molecule has 218 valence electrons. The SMILES string of the molecule is CCOc1cc(C)c(CCCCc2ccc(-c3cc(F)c(C#Cc4c(F)cc(SCC)cc4F)c(F)c3)cc2)cc1F. The topological polar surface area (TPSA) is 9.23 Å². The summed E-state index contributed by atoms with van der Waals surface area (Å²) in [5, 5.41) is 0. The molecule has 4 rings (SSSR count). The number of unbranched alkanes of at least 4 members (excludes halogenated alkanes) is 1. The molecule has 0 aliphatic heterocycles. The first-order valence-corrected chi connectivity index (χ1v) is 14.8. The molecule has 0 aliphatic carbocycles. The monoisotopic (exact) mass is 594 g/mol. The standard InChI is InChI=1S/C35H31F5OS/c1-4-41-35-16-22(3)25(17-34(35)40)9-7-6-8-23-10-12-24(13-11-23)26-18-30(36)28(31(37)19-26)14-15-29-32(38)20-27(42-5-2)21-33(29)39/h10-13,16-21H,4-9H2,1-3H3. The maximum atomic E-state index is 14.8. The summed E-state index contributed by atoms with van der Waals surface area (Å²) in [6.45, 7) is 6.04. The van der Waals surface area contributed by atoms with Gasteiger partial charge in [-0.15, -0.1) is 11.8 Å². The zero-order valence-electron chi connectivity index (χ0n) is 23.7. The van der Waals surface area contributed by atoms with Crippen LogP contribution in [0.15, 0.2) is 65.6 Å². The van der Waals surface area contributed by atoms with Crippen molar-refractivity contribution in [2.75, 3.05) is 12.4 Å². The van der Waals surface area contributed by atoms with E-state index in [4.69, 9.17) is 4.74 Å². The molecule has 0 aromatic heterocycles. The summed E-state index contributed by atoms with van der Waals surface area (Å²) in [7, 11) is 0. The molecule has 0 aliphatic rings. The minimum atomic E-state index is -0.915. The summed E-state index contributed by atoms with van der Waals surface area (Å²) in [6.07, 6.45) is 3.33. The second-order valence-electron chi connectivity index (χ2n) is 9.81. The van der Waals surface area contributed by atoms with Crippen LogP contribution < -0.4 is 4.74 Å². The van der Waals surface area contributed by atoms with E-state index in [1.807, 2.05) is 32.9 Å². The van der Waals surface area contributed by atoms with Crippen molar-refractivity contribution in [3.8, 4) is 28.7 Å². The van der Waals surface area contributed by atoms with E-state index in [0.717, 1.165) is 66.6 Å². The van der Waals surface area contributed by atoms with E-state index in [9.17, 15) is 22.0 Å². The van der Waals surface area contributed by atoms with Crippen molar-refractivity contribution in [1.29, 1.82) is 0 Å². The Bertz CT molecular complexity index is 1570. The number of rotatable bonds is 10. The lowest BCUT2D eigenvalue weighted by atomic mass is 9.98. The molecule has 0 saturated heterocycles. The predicted molar refractivity (Wildman–Crippen MR) is 159 cm³/mol. The Labute approximate surface area is 248 Å². The number of thioether (sulfide) groups is 1. The minimum absolute atomic E-state index is 0.277. The molecule has 0 radical (unpaired) electrons. The fourth-order valence-corrected chi connectivity index (χ4v) is 5.35. The van der Waals surface area contributed by atoms with Gasteiger partial charge in [-0.05, 0) is 109 Å². The van der Waals surface area contributed by atoms with Gasteiger partial charge in [0.05, 0.1) is 17.7 Å². The molecule has 1 nitrogen and oxygen atoms in total. The molecule has 4 aromatic rings. The third-order valence-electron chi connectivity index (χ3n) is 6.82. The van der Waals surface area contributed by atoms with Crippen LogP contribution in [0.2, 0.25) is 0 Å². The molecular weight excluding hydrogens is 563 g/mol. The van der Waals surface area contributed by atoms with Crippen molar-refractivity contribution in [3.63, 3.8) is 0 Å². The van der Waals surface area contributed by atoms with Crippen molar-refractivity contribution < 1.29 is 26.7 Å². The first-order chi connectivity index (χ1) is 20.2. The summed E-state index contributed by atoms with van der Waals surface area (Å²) >= 11 is 1.28. The Hall–Kier alpha value is -3.76. The average Bonchev–Trinajstić information content (AvgIpc) is 2.94. The third kappa shape index (κ3) is 7.74. The quantitative estimate of drug-likeness (QED) is 0.0782. The van der Waals surface area contributed by atoms with Crippen LogP contribution in [0.1, 0.15) is 54.5 Å². The van der Waals surface area contributed by atoms with Crippen molar-refractivity contribution in [1.82, 2.24) is 0 Å². The van der Waals surface area contributed by atoms with Gasteiger partial charge in [0.1, 0.15) is 23.3 Å². The molecule has 4 aromatic carbocycles. The van der Waals surface area contributed by atoms with Crippen molar-refractivity contribution in [2.45, 2.75) is 51.3 Å². The van der Waals surface area contributed by atoms with Crippen LogP contribution in [0.3, 0.4) is 0 Å². The molecule has 0 saturated carbocycles. The third-order valence-corrected chi connectivity index (χ3v) is 7.68. The lowest BCUT2D eigenvalue weighted by Crippen LogP contribution is -1.99. The van der Waals surface area contributed by atoms with Gasteiger partial charge < -0.3 is 4.74 Å². The van der Waals surface area contributed by atoms with E-state index in [1.165, 1.54) is 11.8 Å². The first kappa shape index (κ1) is 31.2. The highest BCUT2D eigenvalue weighted by Crippen LogP contribution is 2.27. The predicted octanol–water partition coefficient (Wildman–Crippen LogP) is 9.83. The molecule has 0 spiro atoms. The Morgan fingerprint density at radius 2 is 1.24 bits per heavy atom. The largest absolute Gasteiger partial charge is 0.491 e. The second-order valence-corrected chi connectivity index (χ2v) is 11.1. The molecule has 0 fully saturated rings. The average molecular weight is 595 g/mol. The molecule has 42 heavy (non-hydrogen) atoms. The lowest BCUT2D eigenvalue weighted by Gasteiger charge is -2.11.